The molecule has 7 heteroatoms. The second kappa shape index (κ2) is 9.57. The monoisotopic (exact) mass is 447 g/mol. The highest BCUT2D eigenvalue weighted by atomic mass is 16.2. The number of carbonyl (C=O) groups is 2. The Bertz CT molecular complexity index is 1020. The zero-order valence-electron chi connectivity index (χ0n) is 19.5. The summed E-state index contributed by atoms with van der Waals surface area (Å²) in [4.78, 5) is 44.0. The summed E-state index contributed by atoms with van der Waals surface area (Å²) < 4.78 is 0. The van der Waals surface area contributed by atoms with Gasteiger partial charge in [0.25, 0.3) is 0 Å². The Morgan fingerprint density at radius 2 is 1.91 bits per heavy atom. The van der Waals surface area contributed by atoms with Crippen molar-refractivity contribution in [1.29, 1.82) is 0 Å². The van der Waals surface area contributed by atoms with E-state index in [4.69, 9.17) is 9.97 Å². The molecule has 1 saturated carbocycles. The first-order valence-electron chi connectivity index (χ1n) is 12.5. The number of aromatic nitrogens is 3. The molecule has 2 aromatic rings. The van der Waals surface area contributed by atoms with Crippen molar-refractivity contribution in [2.75, 3.05) is 18.0 Å². The normalized spacial score (nSPS) is 21.4. The van der Waals surface area contributed by atoms with Crippen LogP contribution in [0.1, 0.15) is 80.2 Å². The standard InChI is InChI=1S/C26H33N5O2/c1-18-21-12-13-23(32)31(17-19-8-3-2-4-9-19)26(21)29-25(28-18)22-11-7-15-30(22)24(33)16-20-10-5-6-14-27-20/h5-6,10,14,19,22H,2-4,7-9,11-13,15-17H2,1H3/t22-/m0/s1. The number of amides is 2. The van der Waals surface area contributed by atoms with Gasteiger partial charge in [0.2, 0.25) is 11.8 Å². The lowest BCUT2D eigenvalue weighted by molar-refractivity contribution is -0.131. The summed E-state index contributed by atoms with van der Waals surface area (Å²) in [5.74, 6) is 2.26. The fourth-order valence-electron chi connectivity index (χ4n) is 5.66. The van der Waals surface area contributed by atoms with E-state index in [9.17, 15) is 9.59 Å². The van der Waals surface area contributed by atoms with Gasteiger partial charge in [-0.05, 0) is 57.1 Å². The Labute approximate surface area is 195 Å². The number of fused-ring (bicyclic) bond motifs is 1. The minimum Gasteiger partial charge on any atom is -0.332 e. The maximum Gasteiger partial charge on any atom is 0.229 e. The van der Waals surface area contributed by atoms with Crippen LogP contribution in [0.15, 0.2) is 24.4 Å². The highest BCUT2D eigenvalue weighted by Crippen LogP contribution is 2.36. The van der Waals surface area contributed by atoms with E-state index in [0.29, 0.717) is 31.1 Å². The maximum atomic E-state index is 13.1. The molecule has 0 N–H and O–H groups in total. The van der Waals surface area contributed by atoms with Gasteiger partial charge in [-0.2, -0.15) is 0 Å². The van der Waals surface area contributed by atoms with E-state index in [0.717, 1.165) is 42.2 Å². The van der Waals surface area contributed by atoms with Crippen molar-refractivity contribution in [1.82, 2.24) is 19.9 Å². The van der Waals surface area contributed by atoms with Crippen LogP contribution in [0.25, 0.3) is 0 Å². The molecule has 7 nitrogen and oxygen atoms in total. The van der Waals surface area contributed by atoms with Gasteiger partial charge in [0, 0.05) is 42.7 Å². The maximum absolute atomic E-state index is 13.1. The third-order valence-corrected chi connectivity index (χ3v) is 7.45. The van der Waals surface area contributed by atoms with Gasteiger partial charge in [0.1, 0.15) is 5.82 Å². The zero-order chi connectivity index (χ0) is 22.8. The molecule has 4 heterocycles. The van der Waals surface area contributed by atoms with Crippen LogP contribution in [0.5, 0.6) is 0 Å². The smallest absolute Gasteiger partial charge is 0.229 e. The number of hydrogen-bond acceptors (Lipinski definition) is 5. The molecule has 2 aliphatic heterocycles. The molecule has 0 aromatic carbocycles. The van der Waals surface area contributed by atoms with Gasteiger partial charge < -0.3 is 4.90 Å². The van der Waals surface area contributed by atoms with E-state index in [1.54, 1.807) is 6.20 Å². The summed E-state index contributed by atoms with van der Waals surface area (Å²) in [6.45, 7) is 3.49. The van der Waals surface area contributed by atoms with E-state index in [1.165, 1.54) is 32.1 Å². The van der Waals surface area contributed by atoms with E-state index in [1.807, 2.05) is 34.9 Å². The Morgan fingerprint density at radius 1 is 1.06 bits per heavy atom. The molecule has 33 heavy (non-hydrogen) atoms. The van der Waals surface area contributed by atoms with E-state index in [-0.39, 0.29) is 24.3 Å². The lowest BCUT2D eigenvalue weighted by Gasteiger charge is -2.34. The van der Waals surface area contributed by atoms with Crippen molar-refractivity contribution in [2.45, 2.75) is 77.2 Å². The third kappa shape index (κ3) is 4.63. The quantitative estimate of drug-likeness (QED) is 0.694. The third-order valence-electron chi connectivity index (χ3n) is 7.45. The van der Waals surface area contributed by atoms with Crippen LogP contribution in [-0.4, -0.2) is 44.8 Å². The summed E-state index contributed by atoms with van der Waals surface area (Å²) in [6, 6.07) is 5.51. The number of rotatable bonds is 5. The van der Waals surface area contributed by atoms with Gasteiger partial charge in [-0.1, -0.05) is 25.3 Å². The predicted molar refractivity (Wildman–Crippen MR) is 126 cm³/mol. The molecule has 3 aliphatic rings. The molecule has 2 aromatic heterocycles. The average Bonchev–Trinajstić information content (AvgIpc) is 3.32. The van der Waals surface area contributed by atoms with Crippen molar-refractivity contribution < 1.29 is 9.59 Å². The molecule has 2 fully saturated rings. The molecule has 0 spiro atoms. The number of hydrogen-bond donors (Lipinski definition) is 0. The summed E-state index contributed by atoms with van der Waals surface area (Å²) in [5, 5.41) is 0. The minimum atomic E-state index is -0.140. The number of anilines is 1. The van der Waals surface area contributed by atoms with Gasteiger partial charge in [-0.3, -0.25) is 19.5 Å². The lowest BCUT2D eigenvalue weighted by Crippen LogP contribution is -2.41. The second-order valence-corrected chi connectivity index (χ2v) is 9.72. The van der Waals surface area contributed by atoms with Gasteiger partial charge in [-0.15, -0.1) is 0 Å². The molecular formula is C26H33N5O2. The molecule has 1 saturated heterocycles. The first kappa shape index (κ1) is 22.0. The molecule has 2 amide bonds. The molecule has 1 atom stereocenters. The van der Waals surface area contributed by atoms with Gasteiger partial charge >= 0.3 is 0 Å². The van der Waals surface area contributed by atoms with Crippen molar-refractivity contribution in [2.24, 2.45) is 5.92 Å². The molecule has 0 bridgehead atoms. The molecular weight excluding hydrogens is 414 g/mol. The van der Waals surface area contributed by atoms with Crippen LogP contribution >= 0.6 is 0 Å². The number of aryl methyl sites for hydroxylation is 1. The summed E-state index contributed by atoms with van der Waals surface area (Å²) in [5.41, 5.74) is 2.82. The Kier molecular flexibility index (Phi) is 6.38. The van der Waals surface area contributed by atoms with E-state index in [2.05, 4.69) is 4.98 Å². The number of nitrogens with zero attached hydrogens (tertiary/aromatic N) is 5. The second-order valence-electron chi connectivity index (χ2n) is 9.72. The largest absolute Gasteiger partial charge is 0.332 e. The van der Waals surface area contributed by atoms with Crippen molar-refractivity contribution in [3.05, 3.63) is 47.2 Å². The van der Waals surface area contributed by atoms with Crippen molar-refractivity contribution in [3.8, 4) is 0 Å². The molecule has 1 aliphatic carbocycles. The van der Waals surface area contributed by atoms with Crippen LogP contribution in [0.4, 0.5) is 5.82 Å². The summed E-state index contributed by atoms with van der Waals surface area (Å²) >= 11 is 0. The first-order valence-corrected chi connectivity index (χ1v) is 12.5. The Hall–Kier alpha value is -2.83. The van der Waals surface area contributed by atoms with Crippen LogP contribution in [0.3, 0.4) is 0 Å². The molecule has 0 radical (unpaired) electrons. The highest BCUT2D eigenvalue weighted by Gasteiger charge is 2.35. The Balaban J connectivity index is 1.41. The zero-order valence-corrected chi connectivity index (χ0v) is 19.5. The van der Waals surface area contributed by atoms with Crippen LogP contribution in [-0.2, 0) is 22.4 Å². The number of pyridine rings is 1. The molecule has 5 rings (SSSR count). The van der Waals surface area contributed by atoms with Crippen LogP contribution < -0.4 is 4.90 Å². The first-order chi connectivity index (χ1) is 16.1. The van der Waals surface area contributed by atoms with Crippen molar-refractivity contribution >= 4 is 17.6 Å². The fraction of sp³-hybridized carbons (Fsp3) is 0.577. The van der Waals surface area contributed by atoms with Crippen LogP contribution in [0, 0.1) is 12.8 Å². The number of likely N-dealkylation sites (tertiary alicyclic amines) is 1. The number of carbonyl (C=O) groups excluding carboxylic acids is 2. The van der Waals surface area contributed by atoms with E-state index < -0.39 is 0 Å². The molecule has 0 unspecified atom stereocenters. The van der Waals surface area contributed by atoms with Gasteiger partial charge in [-0.25, -0.2) is 9.97 Å². The molecule has 174 valence electrons. The average molecular weight is 448 g/mol. The van der Waals surface area contributed by atoms with Crippen LogP contribution in [0.2, 0.25) is 0 Å². The highest BCUT2D eigenvalue weighted by molar-refractivity contribution is 5.95. The van der Waals surface area contributed by atoms with Gasteiger partial charge in [0.15, 0.2) is 5.82 Å². The predicted octanol–water partition coefficient (Wildman–Crippen LogP) is 3.95. The van der Waals surface area contributed by atoms with Gasteiger partial charge in [0.05, 0.1) is 12.5 Å². The summed E-state index contributed by atoms with van der Waals surface area (Å²) in [7, 11) is 0. The summed E-state index contributed by atoms with van der Waals surface area (Å²) in [6.07, 6.45) is 11.2. The topological polar surface area (TPSA) is 79.3 Å². The van der Waals surface area contributed by atoms with Crippen molar-refractivity contribution in [3.63, 3.8) is 0 Å². The lowest BCUT2D eigenvalue weighted by atomic mass is 9.88. The minimum absolute atomic E-state index is 0.0605. The fourth-order valence-corrected chi connectivity index (χ4v) is 5.66. The van der Waals surface area contributed by atoms with E-state index >= 15 is 0 Å². The SMILES string of the molecule is Cc1nc([C@@H]2CCCN2C(=O)Cc2ccccn2)nc2c1CCC(=O)N2CC1CCCCC1. The Morgan fingerprint density at radius 3 is 2.70 bits per heavy atom.